The molecule has 2 aliphatic heterocycles. The average molecular weight is 340 g/mol. The summed E-state index contributed by atoms with van der Waals surface area (Å²) in [6.07, 6.45) is 4.84. The zero-order valence-corrected chi connectivity index (χ0v) is 14.5. The van der Waals surface area contributed by atoms with Crippen molar-refractivity contribution in [2.24, 2.45) is 0 Å². The van der Waals surface area contributed by atoms with Gasteiger partial charge in [-0.15, -0.1) is 0 Å². The zero-order chi connectivity index (χ0) is 17.2. The Balaban J connectivity index is 1.59. The third kappa shape index (κ3) is 3.14. The summed E-state index contributed by atoms with van der Waals surface area (Å²) in [6.45, 7) is 5.59. The van der Waals surface area contributed by atoms with E-state index in [1.54, 1.807) is 6.20 Å². The van der Waals surface area contributed by atoms with E-state index < -0.39 is 0 Å². The van der Waals surface area contributed by atoms with Crippen LogP contribution in [0.5, 0.6) is 5.75 Å². The van der Waals surface area contributed by atoms with E-state index in [2.05, 4.69) is 38.6 Å². The first-order valence-electron chi connectivity index (χ1n) is 9.06. The van der Waals surface area contributed by atoms with Gasteiger partial charge < -0.3 is 15.0 Å². The maximum atomic E-state index is 12.1. The molecule has 3 heterocycles. The second-order valence-electron chi connectivity index (χ2n) is 6.73. The first-order chi connectivity index (χ1) is 12.3. The number of nitrogens with zero attached hydrogens (tertiary/aromatic N) is 2. The highest BCUT2D eigenvalue weighted by molar-refractivity contribution is 5.57. The van der Waals surface area contributed by atoms with E-state index in [4.69, 9.17) is 4.74 Å². The molecule has 0 unspecified atom stereocenters. The van der Waals surface area contributed by atoms with Gasteiger partial charge in [0.15, 0.2) is 0 Å². The number of aromatic nitrogens is 2. The van der Waals surface area contributed by atoms with E-state index in [1.165, 1.54) is 11.1 Å². The number of rotatable bonds is 4. The summed E-state index contributed by atoms with van der Waals surface area (Å²) in [7, 11) is 0. The van der Waals surface area contributed by atoms with Gasteiger partial charge in [-0.25, -0.2) is 5.10 Å². The van der Waals surface area contributed by atoms with Crippen LogP contribution in [0.25, 0.3) is 0 Å². The van der Waals surface area contributed by atoms with Crippen molar-refractivity contribution in [1.82, 2.24) is 15.5 Å². The van der Waals surface area contributed by atoms with Gasteiger partial charge in [-0.3, -0.25) is 4.79 Å². The predicted octanol–water partition coefficient (Wildman–Crippen LogP) is 1.98. The van der Waals surface area contributed by atoms with Crippen LogP contribution in [-0.4, -0.2) is 29.4 Å². The van der Waals surface area contributed by atoms with E-state index in [-0.39, 0.29) is 11.7 Å². The van der Waals surface area contributed by atoms with Crippen LogP contribution in [0.1, 0.15) is 36.5 Å². The highest BCUT2D eigenvalue weighted by Gasteiger charge is 2.26. The average Bonchev–Trinajstić information content (AvgIpc) is 3.07. The van der Waals surface area contributed by atoms with Gasteiger partial charge in [-0.05, 0) is 44.0 Å². The third-order valence-corrected chi connectivity index (χ3v) is 5.15. The van der Waals surface area contributed by atoms with E-state index in [0.29, 0.717) is 6.42 Å². The van der Waals surface area contributed by atoms with Crippen molar-refractivity contribution in [2.75, 3.05) is 18.0 Å². The van der Waals surface area contributed by atoms with Crippen molar-refractivity contribution in [3.63, 3.8) is 0 Å². The fraction of sp³-hybridized carbons (Fsp3) is 0.474. The van der Waals surface area contributed by atoms with E-state index in [1.807, 2.05) is 6.92 Å². The highest BCUT2D eigenvalue weighted by Crippen LogP contribution is 2.35. The summed E-state index contributed by atoms with van der Waals surface area (Å²) in [5.41, 5.74) is 4.14. The van der Waals surface area contributed by atoms with Crippen molar-refractivity contribution in [2.45, 2.75) is 45.4 Å². The van der Waals surface area contributed by atoms with Gasteiger partial charge in [-0.1, -0.05) is 19.1 Å². The zero-order valence-electron chi connectivity index (χ0n) is 14.5. The van der Waals surface area contributed by atoms with Crippen LogP contribution in [0.3, 0.4) is 0 Å². The maximum absolute atomic E-state index is 12.1. The topological polar surface area (TPSA) is 70.2 Å². The Kier molecular flexibility index (Phi) is 4.44. The fourth-order valence-electron chi connectivity index (χ4n) is 3.79. The number of benzene rings is 1. The van der Waals surface area contributed by atoms with E-state index in [9.17, 15) is 4.79 Å². The van der Waals surface area contributed by atoms with Gasteiger partial charge >= 0.3 is 0 Å². The SMILES string of the molecule is CCc1c(N2Cc3cccc(OC4CCNCC4)c3C2)cn[nH]c1=O. The van der Waals surface area contributed by atoms with Crippen LogP contribution in [0.4, 0.5) is 5.69 Å². The van der Waals surface area contributed by atoms with Crippen LogP contribution >= 0.6 is 0 Å². The van der Waals surface area contributed by atoms with Gasteiger partial charge in [0, 0.05) is 24.2 Å². The second kappa shape index (κ2) is 6.88. The third-order valence-electron chi connectivity index (χ3n) is 5.15. The molecule has 1 aromatic heterocycles. The molecule has 6 heteroatoms. The van der Waals surface area contributed by atoms with Gasteiger partial charge in [0.1, 0.15) is 11.9 Å². The Hall–Kier alpha value is -2.34. The molecular weight excluding hydrogens is 316 g/mol. The molecule has 0 saturated carbocycles. The number of hydrogen-bond acceptors (Lipinski definition) is 5. The molecule has 2 aromatic rings. The lowest BCUT2D eigenvalue weighted by molar-refractivity contribution is 0.161. The van der Waals surface area contributed by atoms with Crippen molar-refractivity contribution in [1.29, 1.82) is 0 Å². The summed E-state index contributed by atoms with van der Waals surface area (Å²) in [6, 6.07) is 6.29. The summed E-state index contributed by atoms with van der Waals surface area (Å²) >= 11 is 0. The van der Waals surface area contributed by atoms with Crippen molar-refractivity contribution >= 4 is 5.69 Å². The predicted molar refractivity (Wildman–Crippen MR) is 97.1 cm³/mol. The molecule has 0 spiro atoms. The van der Waals surface area contributed by atoms with Gasteiger partial charge in [0.25, 0.3) is 5.56 Å². The molecule has 2 aliphatic rings. The minimum atomic E-state index is -0.0952. The Morgan fingerprint density at radius 2 is 2.12 bits per heavy atom. The maximum Gasteiger partial charge on any atom is 0.269 e. The quantitative estimate of drug-likeness (QED) is 0.891. The molecule has 2 N–H and O–H groups in total. The number of fused-ring (bicyclic) bond motifs is 1. The first-order valence-corrected chi connectivity index (χ1v) is 9.06. The summed E-state index contributed by atoms with van der Waals surface area (Å²) in [4.78, 5) is 14.3. The van der Waals surface area contributed by atoms with E-state index >= 15 is 0 Å². The fourth-order valence-corrected chi connectivity index (χ4v) is 3.79. The van der Waals surface area contributed by atoms with Crippen molar-refractivity contribution < 1.29 is 4.74 Å². The number of hydrogen-bond donors (Lipinski definition) is 2. The van der Waals surface area contributed by atoms with Crippen LogP contribution in [-0.2, 0) is 19.5 Å². The number of ether oxygens (including phenoxy) is 1. The summed E-state index contributed by atoms with van der Waals surface area (Å²) < 4.78 is 6.31. The van der Waals surface area contributed by atoms with Crippen molar-refractivity contribution in [3.05, 3.63) is 51.4 Å². The Morgan fingerprint density at radius 3 is 2.92 bits per heavy atom. The molecule has 132 valence electrons. The smallest absolute Gasteiger partial charge is 0.269 e. The minimum Gasteiger partial charge on any atom is -0.490 e. The molecular formula is C19H24N4O2. The lowest BCUT2D eigenvalue weighted by Gasteiger charge is -2.25. The van der Waals surface area contributed by atoms with Gasteiger partial charge in [-0.2, -0.15) is 5.10 Å². The highest BCUT2D eigenvalue weighted by atomic mass is 16.5. The van der Waals surface area contributed by atoms with E-state index in [0.717, 1.165) is 56.0 Å². The van der Waals surface area contributed by atoms with Crippen molar-refractivity contribution in [3.8, 4) is 5.75 Å². The van der Waals surface area contributed by atoms with Gasteiger partial charge in [0.2, 0.25) is 0 Å². The molecule has 25 heavy (non-hydrogen) atoms. The molecule has 1 aromatic carbocycles. The molecule has 6 nitrogen and oxygen atoms in total. The lowest BCUT2D eigenvalue weighted by atomic mass is 10.1. The minimum absolute atomic E-state index is 0.0952. The molecule has 0 aliphatic carbocycles. The number of piperidine rings is 1. The van der Waals surface area contributed by atoms with Crippen LogP contribution in [0.2, 0.25) is 0 Å². The monoisotopic (exact) mass is 340 g/mol. The summed E-state index contributed by atoms with van der Waals surface area (Å²) in [5, 5.41) is 9.91. The summed E-state index contributed by atoms with van der Waals surface area (Å²) in [5.74, 6) is 0.989. The first kappa shape index (κ1) is 16.1. The van der Waals surface area contributed by atoms with Crippen LogP contribution in [0, 0.1) is 0 Å². The number of H-pyrrole nitrogens is 1. The standard InChI is InChI=1S/C19H24N4O2/c1-2-15-17(10-21-22-19(15)24)23-11-13-4-3-5-18(16(13)12-23)25-14-6-8-20-9-7-14/h3-5,10,14,20H,2,6-9,11-12H2,1H3,(H,22,24). The molecule has 0 atom stereocenters. The van der Waals surface area contributed by atoms with Crippen LogP contribution in [0.15, 0.2) is 29.2 Å². The number of aromatic amines is 1. The normalized spacial score (nSPS) is 17.6. The Labute approximate surface area is 147 Å². The molecule has 4 rings (SSSR count). The molecule has 0 radical (unpaired) electrons. The molecule has 0 bridgehead atoms. The molecule has 1 saturated heterocycles. The largest absolute Gasteiger partial charge is 0.490 e. The Bertz CT molecular complexity index is 811. The Morgan fingerprint density at radius 1 is 1.28 bits per heavy atom. The molecule has 1 fully saturated rings. The second-order valence-corrected chi connectivity index (χ2v) is 6.73. The number of nitrogens with one attached hydrogen (secondary N) is 2. The van der Waals surface area contributed by atoms with Crippen LogP contribution < -0.4 is 20.5 Å². The molecule has 0 amide bonds. The number of anilines is 1. The van der Waals surface area contributed by atoms with Gasteiger partial charge in [0.05, 0.1) is 11.9 Å². The lowest BCUT2D eigenvalue weighted by Crippen LogP contribution is -2.34.